The number of hydrogen-bond donors (Lipinski definition) is 0. The maximum Gasteiger partial charge on any atom is 0.249 e. The Morgan fingerprint density at radius 3 is 2.65 bits per heavy atom. The van der Waals surface area contributed by atoms with Crippen molar-refractivity contribution in [3.63, 3.8) is 0 Å². The average molecular weight is 373 g/mol. The van der Waals surface area contributed by atoms with Gasteiger partial charge in [-0.05, 0) is 30.2 Å². The molecule has 1 atom stereocenters. The molecule has 0 spiro atoms. The summed E-state index contributed by atoms with van der Waals surface area (Å²) in [6.07, 6.45) is 0.667. The number of rotatable bonds is 5. The number of benzene rings is 2. The lowest BCUT2D eigenvalue weighted by atomic mass is 10.0. The van der Waals surface area contributed by atoms with E-state index in [-0.39, 0.29) is 31.0 Å². The standard InChI is InChI=1S/C20H21ClN2O3/c1-26-14-20(25)23-13-19(24)22(17-9-5-8-16(21)11-17)12-18(23)10-15-6-3-2-4-7-15/h2-9,11,18H,10,12-14H2,1H3/t18-/m1/s1. The van der Waals surface area contributed by atoms with Crippen molar-refractivity contribution >= 4 is 29.1 Å². The molecule has 0 aliphatic carbocycles. The third-order valence-corrected chi connectivity index (χ3v) is 4.70. The highest BCUT2D eigenvalue weighted by molar-refractivity contribution is 6.30. The van der Waals surface area contributed by atoms with Gasteiger partial charge in [-0.3, -0.25) is 9.59 Å². The van der Waals surface area contributed by atoms with Crippen LogP contribution in [-0.2, 0) is 20.7 Å². The number of ether oxygens (including phenoxy) is 1. The smallest absolute Gasteiger partial charge is 0.249 e. The second-order valence-electron chi connectivity index (χ2n) is 6.28. The molecule has 2 aromatic rings. The molecule has 0 bridgehead atoms. The maximum atomic E-state index is 12.7. The van der Waals surface area contributed by atoms with Gasteiger partial charge in [-0.2, -0.15) is 0 Å². The molecule has 136 valence electrons. The number of anilines is 1. The highest BCUT2D eigenvalue weighted by atomic mass is 35.5. The van der Waals surface area contributed by atoms with E-state index >= 15 is 0 Å². The zero-order chi connectivity index (χ0) is 18.5. The van der Waals surface area contributed by atoms with Gasteiger partial charge in [0, 0.05) is 24.4 Å². The summed E-state index contributed by atoms with van der Waals surface area (Å²) in [5.41, 5.74) is 1.87. The number of amides is 2. The van der Waals surface area contributed by atoms with Crippen molar-refractivity contribution in [3.05, 3.63) is 65.2 Å². The van der Waals surface area contributed by atoms with Gasteiger partial charge < -0.3 is 14.5 Å². The van der Waals surface area contributed by atoms with Crippen LogP contribution in [-0.4, -0.2) is 49.6 Å². The number of halogens is 1. The van der Waals surface area contributed by atoms with E-state index in [1.54, 1.807) is 21.9 Å². The van der Waals surface area contributed by atoms with Crippen LogP contribution >= 0.6 is 11.6 Å². The third kappa shape index (κ3) is 4.23. The Labute approximate surface area is 158 Å². The first-order chi connectivity index (χ1) is 12.6. The van der Waals surface area contributed by atoms with Crippen molar-refractivity contribution in [1.29, 1.82) is 0 Å². The predicted molar refractivity (Wildman–Crippen MR) is 101 cm³/mol. The van der Waals surface area contributed by atoms with E-state index in [1.165, 1.54) is 7.11 Å². The van der Waals surface area contributed by atoms with E-state index in [4.69, 9.17) is 16.3 Å². The lowest BCUT2D eigenvalue weighted by Gasteiger charge is -2.41. The second-order valence-corrected chi connectivity index (χ2v) is 6.72. The number of nitrogens with zero attached hydrogens (tertiary/aromatic N) is 2. The van der Waals surface area contributed by atoms with Crippen LogP contribution in [0.15, 0.2) is 54.6 Å². The molecule has 26 heavy (non-hydrogen) atoms. The monoisotopic (exact) mass is 372 g/mol. The summed E-state index contributed by atoms with van der Waals surface area (Å²) in [4.78, 5) is 28.5. The van der Waals surface area contributed by atoms with Crippen LogP contribution in [0.5, 0.6) is 0 Å². The fourth-order valence-electron chi connectivity index (χ4n) is 3.22. The van der Waals surface area contributed by atoms with Gasteiger partial charge in [0.25, 0.3) is 0 Å². The zero-order valence-electron chi connectivity index (χ0n) is 14.6. The predicted octanol–water partition coefficient (Wildman–Crippen LogP) is 2.77. The first kappa shape index (κ1) is 18.4. The molecular formula is C20H21ClN2O3. The van der Waals surface area contributed by atoms with Gasteiger partial charge in [0.2, 0.25) is 11.8 Å². The van der Waals surface area contributed by atoms with Crippen LogP contribution < -0.4 is 4.90 Å². The topological polar surface area (TPSA) is 49.9 Å². The molecule has 0 radical (unpaired) electrons. The summed E-state index contributed by atoms with van der Waals surface area (Å²) in [6, 6.07) is 17.0. The second kappa shape index (κ2) is 8.34. The highest BCUT2D eigenvalue weighted by Crippen LogP contribution is 2.25. The minimum Gasteiger partial charge on any atom is -0.375 e. The lowest BCUT2D eigenvalue weighted by molar-refractivity contribution is -0.142. The molecule has 0 unspecified atom stereocenters. The van der Waals surface area contributed by atoms with Gasteiger partial charge in [-0.25, -0.2) is 0 Å². The molecule has 6 heteroatoms. The Morgan fingerprint density at radius 1 is 1.19 bits per heavy atom. The summed E-state index contributed by atoms with van der Waals surface area (Å²) in [5, 5.41) is 0.577. The molecule has 1 aliphatic rings. The highest BCUT2D eigenvalue weighted by Gasteiger charge is 2.35. The molecule has 3 rings (SSSR count). The molecule has 5 nitrogen and oxygen atoms in total. The van der Waals surface area contributed by atoms with E-state index in [0.717, 1.165) is 11.3 Å². The molecular weight excluding hydrogens is 352 g/mol. The quantitative estimate of drug-likeness (QED) is 0.811. The first-order valence-corrected chi connectivity index (χ1v) is 8.84. The number of piperazine rings is 1. The van der Waals surface area contributed by atoms with Gasteiger partial charge in [0.05, 0.1) is 6.04 Å². The molecule has 1 saturated heterocycles. The Kier molecular flexibility index (Phi) is 5.91. The van der Waals surface area contributed by atoms with E-state index in [2.05, 4.69) is 0 Å². The molecule has 1 fully saturated rings. The Morgan fingerprint density at radius 2 is 1.96 bits per heavy atom. The summed E-state index contributed by atoms with van der Waals surface area (Å²) < 4.78 is 4.98. The van der Waals surface area contributed by atoms with Crippen molar-refractivity contribution in [1.82, 2.24) is 4.90 Å². The van der Waals surface area contributed by atoms with Crippen LogP contribution in [0, 0.1) is 0 Å². The Hall–Kier alpha value is -2.37. The number of methoxy groups -OCH3 is 1. The van der Waals surface area contributed by atoms with Crippen molar-refractivity contribution in [2.75, 3.05) is 31.7 Å². The van der Waals surface area contributed by atoms with Gasteiger partial charge in [0.15, 0.2) is 0 Å². The molecule has 1 aliphatic heterocycles. The molecule has 2 aromatic carbocycles. The van der Waals surface area contributed by atoms with E-state index in [9.17, 15) is 9.59 Å². The van der Waals surface area contributed by atoms with Crippen molar-refractivity contribution in [2.45, 2.75) is 12.5 Å². The fourth-order valence-corrected chi connectivity index (χ4v) is 3.41. The Balaban J connectivity index is 1.86. The maximum absolute atomic E-state index is 12.7. The zero-order valence-corrected chi connectivity index (χ0v) is 15.4. The number of carbonyl (C=O) groups is 2. The molecule has 1 heterocycles. The van der Waals surface area contributed by atoms with Gasteiger partial charge in [-0.15, -0.1) is 0 Å². The third-order valence-electron chi connectivity index (χ3n) is 4.46. The fraction of sp³-hybridized carbons (Fsp3) is 0.300. The largest absolute Gasteiger partial charge is 0.375 e. The molecule has 2 amide bonds. The van der Waals surface area contributed by atoms with Crippen LogP contribution in [0.3, 0.4) is 0 Å². The molecule has 0 N–H and O–H groups in total. The lowest BCUT2D eigenvalue weighted by Crippen LogP contribution is -2.59. The van der Waals surface area contributed by atoms with E-state index in [0.29, 0.717) is 18.0 Å². The normalized spacial score (nSPS) is 17.5. The summed E-state index contributed by atoms with van der Waals surface area (Å²) in [7, 11) is 1.48. The van der Waals surface area contributed by atoms with Crippen molar-refractivity contribution < 1.29 is 14.3 Å². The van der Waals surface area contributed by atoms with Crippen LogP contribution in [0.4, 0.5) is 5.69 Å². The summed E-state index contributed by atoms with van der Waals surface area (Å²) in [5.74, 6) is -0.298. The van der Waals surface area contributed by atoms with Crippen molar-refractivity contribution in [3.8, 4) is 0 Å². The minimum atomic E-state index is -0.174. The van der Waals surface area contributed by atoms with Crippen LogP contribution in [0.25, 0.3) is 0 Å². The number of hydrogen-bond acceptors (Lipinski definition) is 3. The van der Waals surface area contributed by atoms with E-state index in [1.807, 2.05) is 42.5 Å². The summed E-state index contributed by atoms with van der Waals surface area (Å²) in [6.45, 7) is 0.422. The SMILES string of the molecule is COCC(=O)N1CC(=O)N(c2cccc(Cl)c2)C[C@H]1Cc1ccccc1. The van der Waals surface area contributed by atoms with Crippen LogP contribution in [0.1, 0.15) is 5.56 Å². The Bertz CT molecular complexity index is 782. The first-order valence-electron chi connectivity index (χ1n) is 8.46. The van der Waals surface area contributed by atoms with Gasteiger partial charge in [-0.1, -0.05) is 48.0 Å². The van der Waals surface area contributed by atoms with Crippen molar-refractivity contribution in [2.24, 2.45) is 0 Å². The summed E-state index contributed by atoms with van der Waals surface area (Å²) >= 11 is 6.08. The minimum absolute atomic E-state index is 0.0320. The molecule has 0 aromatic heterocycles. The van der Waals surface area contributed by atoms with Gasteiger partial charge >= 0.3 is 0 Å². The number of carbonyl (C=O) groups excluding carboxylic acids is 2. The van der Waals surface area contributed by atoms with E-state index < -0.39 is 0 Å². The average Bonchev–Trinajstić information content (AvgIpc) is 2.64. The van der Waals surface area contributed by atoms with Gasteiger partial charge in [0.1, 0.15) is 13.2 Å². The van der Waals surface area contributed by atoms with Crippen LogP contribution in [0.2, 0.25) is 5.02 Å². The molecule has 0 saturated carbocycles.